The molecule has 2 heterocycles. The molecule has 0 amide bonds. The third-order valence-corrected chi connectivity index (χ3v) is 3.15. The Morgan fingerprint density at radius 2 is 1.95 bits per heavy atom. The smallest absolute Gasteiger partial charge is 0.171 e. The Morgan fingerprint density at radius 3 is 2.63 bits per heavy atom. The molecule has 19 heavy (non-hydrogen) atoms. The Bertz CT molecular complexity index is 762. The Kier molecular flexibility index (Phi) is 2.80. The lowest BCUT2D eigenvalue weighted by Gasteiger charge is -2.03. The summed E-state index contributed by atoms with van der Waals surface area (Å²) in [4.78, 5) is 11.1. The predicted molar refractivity (Wildman–Crippen MR) is 73.6 cm³/mol. The first-order valence-electron chi connectivity index (χ1n) is 5.75. The highest BCUT2D eigenvalue weighted by molar-refractivity contribution is 6.30. The molecular weight excluding hydrogens is 262 g/mol. The van der Waals surface area contributed by atoms with Crippen LogP contribution < -0.4 is 0 Å². The summed E-state index contributed by atoms with van der Waals surface area (Å²) >= 11 is 5.88. The van der Waals surface area contributed by atoms with Gasteiger partial charge >= 0.3 is 0 Å². The van der Waals surface area contributed by atoms with E-state index in [1.165, 1.54) is 0 Å². The number of pyridine rings is 1. The van der Waals surface area contributed by atoms with E-state index in [2.05, 4.69) is 10.2 Å². The summed E-state index contributed by atoms with van der Waals surface area (Å²) in [5.41, 5.74) is 2.97. The quantitative estimate of drug-likeness (QED) is 0.673. The van der Waals surface area contributed by atoms with Gasteiger partial charge < -0.3 is 0 Å². The largest absolute Gasteiger partial charge is 0.298 e. The van der Waals surface area contributed by atoms with Crippen molar-refractivity contribution in [3.63, 3.8) is 0 Å². The molecule has 0 atom stereocenters. The van der Waals surface area contributed by atoms with Gasteiger partial charge in [0.25, 0.3) is 0 Å². The van der Waals surface area contributed by atoms with Crippen molar-refractivity contribution in [1.82, 2.24) is 14.6 Å². The van der Waals surface area contributed by atoms with Crippen LogP contribution in [0.15, 0.2) is 36.5 Å². The highest BCUT2D eigenvalue weighted by Gasteiger charge is 2.11. The number of nitrogens with zero attached hydrogens (tertiary/aromatic N) is 3. The summed E-state index contributed by atoms with van der Waals surface area (Å²) in [6.45, 7) is 1.93. The van der Waals surface area contributed by atoms with Gasteiger partial charge in [0.05, 0.1) is 5.56 Å². The molecule has 0 spiro atoms. The van der Waals surface area contributed by atoms with Gasteiger partial charge in [-0.3, -0.25) is 9.20 Å². The Hall–Kier alpha value is -2.20. The topological polar surface area (TPSA) is 47.3 Å². The van der Waals surface area contributed by atoms with E-state index in [0.29, 0.717) is 22.1 Å². The molecule has 4 nitrogen and oxygen atoms in total. The molecule has 3 rings (SSSR count). The highest BCUT2D eigenvalue weighted by atomic mass is 35.5. The van der Waals surface area contributed by atoms with Crippen molar-refractivity contribution >= 4 is 23.5 Å². The zero-order chi connectivity index (χ0) is 13.4. The van der Waals surface area contributed by atoms with Gasteiger partial charge in [-0.1, -0.05) is 11.6 Å². The van der Waals surface area contributed by atoms with Crippen LogP contribution in [0.25, 0.3) is 17.0 Å². The molecule has 1 aromatic carbocycles. The zero-order valence-electron chi connectivity index (χ0n) is 10.2. The molecule has 0 aliphatic heterocycles. The van der Waals surface area contributed by atoms with Gasteiger partial charge in [0.1, 0.15) is 0 Å². The van der Waals surface area contributed by atoms with Gasteiger partial charge in [-0.05, 0) is 42.8 Å². The molecular formula is C14H10ClN3O. The Balaban J connectivity index is 2.28. The molecule has 0 N–H and O–H groups in total. The second-order valence-electron chi connectivity index (χ2n) is 4.31. The van der Waals surface area contributed by atoms with Gasteiger partial charge in [0, 0.05) is 16.8 Å². The lowest BCUT2D eigenvalue weighted by Crippen LogP contribution is -1.94. The maximum absolute atomic E-state index is 11.1. The molecule has 0 aliphatic rings. The van der Waals surface area contributed by atoms with Crippen LogP contribution in [-0.4, -0.2) is 20.9 Å². The first kappa shape index (κ1) is 11.9. The molecule has 0 fully saturated rings. The number of rotatable bonds is 2. The van der Waals surface area contributed by atoms with Gasteiger partial charge in [-0.25, -0.2) is 0 Å². The summed E-state index contributed by atoms with van der Waals surface area (Å²) in [7, 11) is 0. The fraction of sp³-hybridized carbons (Fsp3) is 0.0714. The van der Waals surface area contributed by atoms with Crippen LogP contribution in [0.4, 0.5) is 0 Å². The molecule has 5 heteroatoms. The van der Waals surface area contributed by atoms with E-state index in [4.69, 9.17) is 11.6 Å². The number of benzene rings is 1. The third-order valence-electron chi connectivity index (χ3n) is 2.90. The summed E-state index contributed by atoms with van der Waals surface area (Å²) in [6, 6.07) is 9.15. The number of aldehydes is 1. The van der Waals surface area contributed by atoms with Crippen molar-refractivity contribution in [1.29, 1.82) is 0 Å². The molecule has 0 saturated carbocycles. The lowest BCUT2D eigenvalue weighted by atomic mass is 10.2. The number of aromatic nitrogens is 3. The number of aryl methyl sites for hydroxylation is 1. The van der Waals surface area contributed by atoms with E-state index in [1.54, 1.807) is 18.2 Å². The molecule has 0 unspecified atom stereocenters. The van der Waals surface area contributed by atoms with Crippen molar-refractivity contribution in [3.8, 4) is 11.4 Å². The number of carbonyl (C=O) groups excluding carboxylic acids is 1. The number of hydrogen-bond donors (Lipinski definition) is 0. The third kappa shape index (κ3) is 2.00. The van der Waals surface area contributed by atoms with Crippen LogP contribution in [0.5, 0.6) is 0 Å². The normalized spacial score (nSPS) is 10.8. The van der Waals surface area contributed by atoms with Gasteiger partial charge in [-0.15, -0.1) is 10.2 Å². The fourth-order valence-corrected chi connectivity index (χ4v) is 2.17. The van der Waals surface area contributed by atoms with Crippen LogP contribution in [0.1, 0.15) is 15.9 Å². The lowest BCUT2D eigenvalue weighted by molar-refractivity contribution is 0.112. The number of carbonyl (C=O) groups is 1. The Labute approximate surface area is 114 Å². The number of hydrogen-bond acceptors (Lipinski definition) is 3. The second-order valence-corrected chi connectivity index (χ2v) is 4.75. The molecule has 2 aromatic heterocycles. The first-order chi connectivity index (χ1) is 9.19. The average molecular weight is 272 g/mol. The minimum absolute atomic E-state index is 0.535. The van der Waals surface area contributed by atoms with Crippen molar-refractivity contribution in [2.75, 3.05) is 0 Å². The molecule has 3 aromatic rings. The van der Waals surface area contributed by atoms with Crippen molar-refractivity contribution in [2.45, 2.75) is 6.92 Å². The summed E-state index contributed by atoms with van der Waals surface area (Å²) in [6.07, 6.45) is 2.70. The van der Waals surface area contributed by atoms with E-state index in [1.807, 2.05) is 29.7 Å². The number of fused-ring (bicyclic) bond motifs is 1. The van der Waals surface area contributed by atoms with E-state index < -0.39 is 0 Å². The van der Waals surface area contributed by atoms with Crippen LogP contribution >= 0.6 is 11.6 Å². The summed E-state index contributed by atoms with van der Waals surface area (Å²) in [5.74, 6) is 0.693. The first-order valence-corrected chi connectivity index (χ1v) is 6.13. The second kappa shape index (κ2) is 4.48. The molecule has 0 bridgehead atoms. The SMILES string of the molecule is Cc1cc(C=O)c2nnc(-c3ccc(Cl)cc3)n2c1. The van der Waals surface area contributed by atoms with E-state index in [-0.39, 0.29) is 0 Å². The molecule has 0 radical (unpaired) electrons. The monoisotopic (exact) mass is 271 g/mol. The predicted octanol–water partition coefficient (Wildman–Crippen LogP) is 3.17. The number of halogens is 1. The molecule has 0 saturated heterocycles. The van der Waals surface area contributed by atoms with E-state index in [0.717, 1.165) is 17.4 Å². The van der Waals surface area contributed by atoms with Gasteiger partial charge in [0.2, 0.25) is 0 Å². The van der Waals surface area contributed by atoms with E-state index in [9.17, 15) is 4.79 Å². The maximum Gasteiger partial charge on any atom is 0.171 e. The van der Waals surface area contributed by atoms with Crippen molar-refractivity contribution in [2.24, 2.45) is 0 Å². The van der Waals surface area contributed by atoms with Crippen LogP contribution in [0, 0.1) is 6.92 Å². The Morgan fingerprint density at radius 1 is 1.21 bits per heavy atom. The zero-order valence-corrected chi connectivity index (χ0v) is 10.9. The van der Waals surface area contributed by atoms with E-state index >= 15 is 0 Å². The minimum atomic E-state index is 0.535. The summed E-state index contributed by atoms with van der Waals surface area (Å²) in [5, 5.41) is 8.90. The van der Waals surface area contributed by atoms with Crippen LogP contribution in [0.3, 0.4) is 0 Å². The standard InChI is InChI=1S/C14H10ClN3O/c1-9-6-11(8-19)14-17-16-13(18(14)7-9)10-2-4-12(15)5-3-10/h2-8H,1H3. The highest BCUT2D eigenvalue weighted by Crippen LogP contribution is 2.22. The average Bonchev–Trinajstić information content (AvgIpc) is 2.82. The van der Waals surface area contributed by atoms with Crippen LogP contribution in [-0.2, 0) is 0 Å². The fourth-order valence-electron chi connectivity index (χ4n) is 2.04. The summed E-state index contributed by atoms with van der Waals surface area (Å²) < 4.78 is 1.82. The van der Waals surface area contributed by atoms with Gasteiger partial charge in [-0.2, -0.15) is 0 Å². The minimum Gasteiger partial charge on any atom is -0.298 e. The molecule has 0 aliphatic carbocycles. The van der Waals surface area contributed by atoms with Crippen LogP contribution in [0.2, 0.25) is 5.02 Å². The van der Waals surface area contributed by atoms with Crippen molar-refractivity contribution in [3.05, 3.63) is 52.7 Å². The molecule has 94 valence electrons. The van der Waals surface area contributed by atoms with Gasteiger partial charge in [0.15, 0.2) is 17.8 Å². The van der Waals surface area contributed by atoms with Crippen molar-refractivity contribution < 1.29 is 4.79 Å². The maximum atomic E-state index is 11.1.